The number of aromatic nitrogens is 2. The van der Waals surface area contributed by atoms with Gasteiger partial charge in [-0.2, -0.15) is 0 Å². The molecule has 1 fully saturated rings. The summed E-state index contributed by atoms with van der Waals surface area (Å²) < 4.78 is 0. The summed E-state index contributed by atoms with van der Waals surface area (Å²) >= 11 is 0. The number of hydrogen-bond acceptors (Lipinski definition) is 4. The van der Waals surface area contributed by atoms with Crippen LogP contribution in [0.4, 0.5) is 0 Å². The van der Waals surface area contributed by atoms with Crippen LogP contribution in [0.3, 0.4) is 0 Å². The zero-order chi connectivity index (χ0) is 13.2. The van der Waals surface area contributed by atoms with Gasteiger partial charge in [0.1, 0.15) is 5.82 Å². The average Bonchev–Trinajstić information content (AvgIpc) is 2.38. The number of rotatable bonds is 3. The molecule has 0 radical (unpaired) electrons. The van der Waals surface area contributed by atoms with Crippen LogP contribution in [0.5, 0.6) is 0 Å². The molecule has 0 spiro atoms. The van der Waals surface area contributed by atoms with Gasteiger partial charge in [0.15, 0.2) is 0 Å². The lowest BCUT2D eigenvalue weighted by Crippen LogP contribution is -2.45. The number of hydrogen-bond donors (Lipinski definition) is 2. The molecule has 0 amide bonds. The van der Waals surface area contributed by atoms with Gasteiger partial charge in [-0.3, -0.25) is 4.79 Å². The lowest BCUT2D eigenvalue weighted by Gasteiger charge is -2.38. The number of nitrogens with one attached hydrogen (secondary N) is 1. The number of carboxylic acids is 1. The molecule has 2 rings (SSSR count). The van der Waals surface area contributed by atoms with Crippen LogP contribution in [-0.2, 0) is 4.79 Å². The molecule has 1 atom stereocenters. The third kappa shape index (κ3) is 2.22. The number of aliphatic carboxylic acids is 1. The lowest BCUT2D eigenvalue weighted by atomic mass is 9.68. The van der Waals surface area contributed by atoms with Crippen LogP contribution in [0.25, 0.3) is 0 Å². The van der Waals surface area contributed by atoms with Crippen LogP contribution >= 0.6 is 0 Å². The molecule has 1 aliphatic rings. The minimum absolute atomic E-state index is 0.0983. The number of carbonyl (C=O) groups is 1. The van der Waals surface area contributed by atoms with Crippen LogP contribution in [0, 0.1) is 12.3 Å². The first-order chi connectivity index (χ1) is 8.56. The van der Waals surface area contributed by atoms with Gasteiger partial charge in [0.25, 0.3) is 0 Å². The van der Waals surface area contributed by atoms with E-state index in [2.05, 4.69) is 15.3 Å². The molecule has 1 unspecified atom stereocenters. The maximum Gasteiger partial charge on any atom is 0.310 e. The van der Waals surface area contributed by atoms with Crippen LogP contribution in [-0.4, -0.2) is 34.1 Å². The smallest absolute Gasteiger partial charge is 0.310 e. The van der Waals surface area contributed by atoms with Gasteiger partial charge in [0, 0.05) is 17.8 Å². The summed E-state index contributed by atoms with van der Waals surface area (Å²) in [5.74, 6) is -0.125. The molecule has 1 aliphatic heterocycles. The van der Waals surface area contributed by atoms with E-state index in [0.717, 1.165) is 18.8 Å². The molecular formula is C13H19N3O2. The lowest BCUT2D eigenvalue weighted by molar-refractivity contribution is -0.152. The topological polar surface area (TPSA) is 75.1 Å². The fourth-order valence-electron chi connectivity index (χ4n) is 2.70. The molecule has 1 aromatic rings. The van der Waals surface area contributed by atoms with Gasteiger partial charge >= 0.3 is 5.97 Å². The number of piperidine rings is 1. The van der Waals surface area contributed by atoms with Crippen molar-refractivity contribution < 1.29 is 9.90 Å². The van der Waals surface area contributed by atoms with Crippen molar-refractivity contribution in [3.63, 3.8) is 0 Å². The maximum atomic E-state index is 11.7. The predicted molar refractivity (Wildman–Crippen MR) is 67.4 cm³/mol. The second-order valence-electron chi connectivity index (χ2n) is 4.96. The molecule has 5 heteroatoms. The van der Waals surface area contributed by atoms with E-state index in [-0.39, 0.29) is 5.92 Å². The monoisotopic (exact) mass is 249 g/mol. The van der Waals surface area contributed by atoms with E-state index in [1.807, 2.05) is 19.9 Å². The Labute approximate surface area is 107 Å². The Morgan fingerprint density at radius 2 is 2.17 bits per heavy atom. The Bertz CT molecular complexity index is 442. The first-order valence-corrected chi connectivity index (χ1v) is 6.30. The van der Waals surface area contributed by atoms with E-state index in [9.17, 15) is 9.90 Å². The Kier molecular flexibility index (Phi) is 3.61. The minimum Gasteiger partial charge on any atom is -0.481 e. The standard InChI is InChI=1S/C13H19N3O2/c1-9(11-3-6-15-10(2)16-11)13(12(17)18)4-7-14-8-5-13/h3,6,9,14H,4-5,7-8H2,1-2H3,(H,17,18). The molecule has 2 N–H and O–H groups in total. The highest BCUT2D eigenvalue weighted by molar-refractivity contribution is 5.76. The van der Waals surface area contributed by atoms with E-state index in [1.54, 1.807) is 6.20 Å². The fraction of sp³-hybridized carbons (Fsp3) is 0.615. The van der Waals surface area contributed by atoms with Crippen LogP contribution in [0.2, 0.25) is 0 Å². The van der Waals surface area contributed by atoms with E-state index >= 15 is 0 Å². The van der Waals surface area contributed by atoms with E-state index in [1.165, 1.54) is 0 Å². The van der Waals surface area contributed by atoms with Crippen molar-refractivity contribution in [1.29, 1.82) is 0 Å². The van der Waals surface area contributed by atoms with Crippen molar-refractivity contribution in [2.75, 3.05) is 13.1 Å². The van der Waals surface area contributed by atoms with Gasteiger partial charge in [0.05, 0.1) is 5.41 Å². The van der Waals surface area contributed by atoms with Gasteiger partial charge in [-0.05, 0) is 38.9 Å². The van der Waals surface area contributed by atoms with Crippen molar-refractivity contribution in [2.45, 2.75) is 32.6 Å². The summed E-state index contributed by atoms with van der Waals surface area (Å²) in [6, 6.07) is 1.82. The SMILES string of the molecule is Cc1nccc(C(C)C2(C(=O)O)CCNCC2)n1. The minimum atomic E-state index is -0.715. The molecule has 2 heterocycles. The molecule has 0 bridgehead atoms. The molecular weight excluding hydrogens is 230 g/mol. The summed E-state index contributed by atoms with van der Waals surface area (Å²) in [5.41, 5.74) is 0.123. The summed E-state index contributed by atoms with van der Waals surface area (Å²) in [4.78, 5) is 20.1. The van der Waals surface area contributed by atoms with Gasteiger partial charge in [-0.25, -0.2) is 9.97 Å². The molecule has 5 nitrogen and oxygen atoms in total. The third-order valence-electron chi connectivity index (χ3n) is 3.99. The summed E-state index contributed by atoms with van der Waals surface area (Å²) in [6.45, 7) is 5.29. The van der Waals surface area contributed by atoms with Crippen molar-refractivity contribution in [2.24, 2.45) is 5.41 Å². The molecule has 1 aromatic heterocycles. The molecule has 0 aromatic carbocycles. The normalized spacial score (nSPS) is 20.3. The zero-order valence-corrected chi connectivity index (χ0v) is 10.8. The van der Waals surface area contributed by atoms with Crippen LogP contribution in [0.15, 0.2) is 12.3 Å². The summed E-state index contributed by atoms with van der Waals surface area (Å²) in [6.07, 6.45) is 2.99. The van der Waals surface area contributed by atoms with E-state index in [4.69, 9.17) is 0 Å². The van der Waals surface area contributed by atoms with E-state index in [0.29, 0.717) is 18.7 Å². The molecule has 18 heavy (non-hydrogen) atoms. The first-order valence-electron chi connectivity index (χ1n) is 6.30. The van der Waals surface area contributed by atoms with Gasteiger partial charge < -0.3 is 10.4 Å². The highest BCUT2D eigenvalue weighted by Crippen LogP contribution is 2.42. The first kappa shape index (κ1) is 13.0. The second kappa shape index (κ2) is 5.02. The van der Waals surface area contributed by atoms with Crippen molar-refractivity contribution >= 4 is 5.97 Å². The Morgan fingerprint density at radius 1 is 1.50 bits per heavy atom. The molecule has 1 saturated heterocycles. The highest BCUT2D eigenvalue weighted by Gasteiger charge is 2.45. The Balaban J connectivity index is 2.34. The predicted octanol–water partition coefficient (Wildman–Crippen LogP) is 1.34. The zero-order valence-electron chi connectivity index (χ0n) is 10.8. The second-order valence-corrected chi connectivity index (χ2v) is 4.96. The number of nitrogens with zero attached hydrogens (tertiary/aromatic N) is 2. The van der Waals surface area contributed by atoms with Gasteiger partial charge in [0.2, 0.25) is 0 Å². The number of carboxylic acid groups (broad SMARTS) is 1. The van der Waals surface area contributed by atoms with Gasteiger partial charge in [-0.15, -0.1) is 0 Å². The van der Waals surface area contributed by atoms with Crippen molar-refractivity contribution in [3.8, 4) is 0 Å². The molecule has 0 saturated carbocycles. The average molecular weight is 249 g/mol. The van der Waals surface area contributed by atoms with Crippen LogP contribution < -0.4 is 5.32 Å². The van der Waals surface area contributed by atoms with Crippen LogP contribution in [0.1, 0.15) is 37.2 Å². The largest absolute Gasteiger partial charge is 0.481 e. The quantitative estimate of drug-likeness (QED) is 0.845. The fourth-order valence-corrected chi connectivity index (χ4v) is 2.70. The number of aryl methyl sites for hydroxylation is 1. The maximum absolute atomic E-state index is 11.7. The van der Waals surface area contributed by atoms with Crippen molar-refractivity contribution in [1.82, 2.24) is 15.3 Å². The third-order valence-corrected chi connectivity index (χ3v) is 3.99. The molecule has 98 valence electrons. The summed E-state index contributed by atoms with van der Waals surface area (Å²) in [5, 5.41) is 12.8. The van der Waals surface area contributed by atoms with Gasteiger partial charge in [-0.1, -0.05) is 6.92 Å². The summed E-state index contributed by atoms with van der Waals surface area (Å²) in [7, 11) is 0. The Hall–Kier alpha value is -1.49. The Morgan fingerprint density at radius 3 is 2.72 bits per heavy atom. The van der Waals surface area contributed by atoms with E-state index < -0.39 is 11.4 Å². The molecule has 0 aliphatic carbocycles. The van der Waals surface area contributed by atoms with Crippen molar-refractivity contribution in [3.05, 3.63) is 23.8 Å². The highest BCUT2D eigenvalue weighted by atomic mass is 16.4.